The summed E-state index contributed by atoms with van der Waals surface area (Å²) in [6.45, 7) is 0.673. The lowest BCUT2D eigenvalue weighted by atomic mass is 10.0. The fourth-order valence-electron chi connectivity index (χ4n) is 2.65. The van der Waals surface area contributed by atoms with Crippen LogP contribution in [0.15, 0.2) is 53.4 Å². The number of nitrogens with one attached hydrogen (secondary N) is 1. The highest BCUT2D eigenvalue weighted by Crippen LogP contribution is 2.36. The molecular weight excluding hydrogens is 341 g/mol. The molecule has 2 aromatic carbocycles. The second-order valence-electron chi connectivity index (χ2n) is 5.65. The van der Waals surface area contributed by atoms with Crippen molar-refractivity contribution >= 4 is 17.7 Å². The maximum atomic E-state index is 13.5. The lowest BCUT2D eigenvalue weighted by molar-refractivity contribution is -0.126. The van der Waals surface area contributed by atoms with Crippen molar-refractivity contribution < 1.29 is 18.7 Å². The monoisotopic (exact) mass is 361 g/mol. The number of para-hydroxylation sites is 1. The van der Waals surface area contributed by atoms with Gasteiger partial charge in [0.25, 0.3) is 0 Å². The molecule has 1 N–H and O–H groups in total. The quantitative estimate of drug-likeness (QED) is 0.766. The van der Waals surface area contributed by atoms with Crippen LogP contribution in [0.1, 0.15) is 18.0 Å². The van der Waals surface area contributed by atoms with Gasteiger partial charge in [-0.05, 0) is 42.3 Å². The fraction of sp³-hybridized carbons (Fsp3) is 0.316. The second kappa shape index (κ2) is 8.87. The van der Waals surface area contributed by atoms with Gasteiger partial charge in [0.1, 0.15) is 24.8 Å². The third kappa shape index (κ3) is 5.21. The van der Waals surface area contributed by atoms with Crippen LogP contribution < -0.4 is 10.1 Å². The van der Waals surface area contributed by atoms with Crippen molar-refractivity contribution in [3.63, 3.8) is 0 Å². The molecule has 3 rings (SSSR count). The molecule has 25 heavy (non-hydrogen) atoms. The maximum absolute atomic E-state index is 13.5. The van der Waals surface area contributed by atoms with E-state index in [1.54, 1.807) is 17.8 Å². The summed E-state index contributed by atoms with van der Waals surface area (Å²) in [5.74, 6) is 1.19. The summed E-state index contributed by atoms with van der Waals surface area (Å²) in [4.78, 5) is 13.1. The summed E-state index contributed by atoms with van der Waals surface area (Å²) in [5, 5.41) is 2.93. The molecule has 6 heteroatoms. The molecule has 1 aliphatic heterocycles. The van der Waals surface area contributed by atoms with Crippen molar-refractivity contribution in [2.24, 2.45) is 0 Å². The highest BCUT2D eigenvalue weighted by Gasteiger charge is 2.22. The minimum absolute atomic E-state index is 0.0353. The third-order valence-electron chi connectivity index (χ3n) is 3.82. The molecule has 0 fully saturated rings. The van der Waals surface area contributed by atoms with Crippen molar-refractivity contribution in [1.29, 1.82) is 0 Å². The molecule has 1 atom stereocenters. The van der Waals surface area contributed by atoms with Gasteiger partial charge in [0.15, 0.2) is 0 Å². The van der Waals surface area contributed by atoms with E-state index in [4.69, 9.17) is 9.47 Å². The zero-order valence-electron chi connectivity index (χ0n) is 13.7. The Hall–Kier alpha value is -2.05. The Morgan fingerprint density at radius 2 is 2.04 bits per heavy atom. The maximum Gasteiger partial charge on any atom is 0.246 e. The van der Waals surface area contributed by atoms with Gasteiger partial charge in [0, 0.05) is 10.6 Å². The number of hydrogen-bond acceptors (Lipinski definition) is 4. The van der Waals surface area contributed by atoms with Gasteiger partial charge in [-0.3, -0.25) is 4.79 Å². The molecule has 0 saturated heterocycles. The van der Waals surface area contributed by atoms with Crippen LogP contribution >= 0.6 is 11.8 Å². The number of hydrogen-bond donors (Lipinski definition) is 1. The average molecular weight is 361 g/mol. The number of ether oxygens (including phenoxy) is 2. The average Bonchev–Trinajstić information content (AvgIpc) is 2.63. The zero-order valence-corrected chi connectivity index (χ0v) is 14.6. The first-order valence-corrected chi connectivity index (χ1v) is 9.18. The molecule has 132 valence electrons. The molecule has 0 spiro atoms. The van der Waals surface area contributed by atoms with E-state index in [1.165, 1.54) is 12.1 Å². The van der Waals surface area contributed by atoms with Gasteiger partial charge in [0.2, 0.25) is 5.91 Å². The molecule has 1 heterocycles. The number of rotatable bonds is 7. The van der Waals surface area contributed by atoms with Crippen LogP contribution in [0, 0.1) is 5.82 Å². The largest absolute Gasteiger partial charge is 0.491 e. The molecular formula is C19H20FNO3S. The zero-order chi connectivity index (χ0) is 17.5. The predicted octanol–water partition coefficient (Wildman–Crippen LogP) is 3.57. The second-order valence-corrected chi connectivity index (χ2v) is 6.79. The Morgan fingerprint density at radius 1 is 1.20 bits per heavy atom. The molecule has 0 aromatic heterocycles. The van der Waals surface area contributed by atoms with Gasteiger partial charge in [0.05, 0.1) is 12.6 Å². The van der Waals surface area contributed by atoms with Crippen molar-refractivity contribution in [3.05, 3.63) is 59.9 Å². The third-order valence-corrected chi connectivity index (χ3v) is 4.94. The van der Waals surface area contributed by atoms with Crippen LogP contribution in [0.2, 0.25) is 0 Å². The highest BCUT2D eigenvalue weighted by molar-refractivity contribution is 7.99. The van der Waals surface area contributed by atoms with Crippen molar-refractivity contribution in [1.82, 2.24) is 5.32 Å². The number of thioether (sulfide) groups is 1. The molecule has 0 radical (unpaired) electrons. The summed E-state index contributed by atoms with van der Waals surface area (Å²) in [7, 11) is 0. The SMILES string of the molecule is O=C(COCCOc1ccccc1)N[C@H]1CCSc2ccc(F)cc21. The van der Waals surface area contributed by atoms with Crippen LogP contribution in [-0.2, 0) is 9.53 Å². The first-order chi connectivity index (χ1) is 12.2. The van der Waals surface area contributed by atoms with E-state index < -0.39 is 0 Å². The van der Waals surface area contributed by atoms with E-state index in [0.717, 1.165) is 28.4 Å². The van der Waals surface area contributed by atoms with E-state index in [-0.39, 0.29) is 24.4 Å². The van der Waals surface area contributed by atoms with E-state index in [2.05, 4.69) is 5.32 Å². The minimum atomic E-state index is -0.283. The van der Waals surface area contributed by atoms with Crippen LogP contribution in [0.3, 0.4) is 0 Å². The van der Waals surface area contributed by atoms with Crippen molar-refractivity contribution in [3.8, 4) is 5.75 Å². The predicted molar refractivity (Wildman–Crippen MR) is 95.4 cm³/mol. The molecule has 0 unspecified atom stereocenters. The number of fused-ring (bicyclic) bond motifs is 1. The van der Waals surface area contributed by atoms with Gasteiger partial charge in [-0.15, -0.1) is 11.8 Å². The summed E-state index contributed by atoms with van der Waals surface area (Å²) in [6.07, 6.45) is 0.782. The Labute approximate surface area is 150 Å². The number of amides is 1. The molecule has 0 saturated carbocycles. The first kappa shape index (κ1) is 17.8. The van der Waals surface area contributed by atoms with E-state index >= 15 is 0 Å². The van der Waals surface area contributed by atoms with E-state index in [0.29, 0.717) is 13.2 Å². The Balaban J connectivity index is 1.41. The lowest BCUT2D eigenvalue weighted by Crippen LogP contribution is -2.33. The van der Waals surface area contributed by atoms with Gasteiger partial charge in [-0.25, -0.2) is 4.39 Å². The van der Waals surface area contributed by atoms with Gasteiger partial charge >= 0.3 is 0 Å². The van der Waals surface area contributed by atoms with Crippen molar-refractivity contribution in [2.75, 3.05) is 25.6 Å². The number of carbonyl (C=O) groups is 1. The Kier molecular flexibility index (Phi) is 6.30. The first-order valence-electron chi connectivity index (χ1n) is 8.19. The van der Waals surface area contributed by atoms with Crippen LogP contribution in [0.4, 0.5) is 4.39 Å². The van der Waals surface area contributed by atoms with Crippen LogP contribution in [-0.4, -0.2) is 31.5 Å². The number of benzene rings is 2. The topological polar surface area (TPSA) is 47.6 Å². The lowest BCUT2D eigenvalue weighted by Gasteiger charge is -2.26. The standard InChI is InChI=1S/C19H20FNO3S/c20-14-6-7-18-16(12-14)17(8-11-25-18)21-19(22)13-23-9-10-24-15-4-2-1-3-5-15/h1-7,12,17H,8-11,13H2,(H,21,22)/t17-/m0/s1. The van der Waals surface area contributed by atoms with Gasteiger partial charge < -0.3 is 14.8 Å². The number of halogens is 1. The van der Waals surface area contributed by atoms with E-state index in [1.807, 2.05) is 30.3 Å². The number of carbonyl (C=O) groups excluding carboxylic acids is 1. The Bertz CT molecular complexity index is 711. The Morgan fingerprint density at radius 3 is 2.88 bits per heavy atom. The smallest absolute Gasteiger partial charge is 0.246 e. The molecule has 0 aliphatic carbocycles. The molecule has 1 aliphatic rings. The molecule has 2 aromatic rings. The van der Waals surface area contributed by atoms with E-state index in [9.17, 15) is 9.18 Å². The normalized spacial score (nSPS) is 16.1. The molecule has 0 bridgehead atoms. The highest BCUT2D eigenvalue weighted by atomic mass is 32.2. The van der Waals surface area contributed by atoms with Gasteiger partial charge in [-0.2, -0.15) is 0 Å². The summed E-state index contributed by atoms with van der Waals surface area (Å²) < 4.78 is 24.3. The van der Waals surface area contributed by atoms with Crippen molar-refractivity contribution in [2.45, 2.75) is 17.4 Å². The summed E-state index contributed by atoms with van der Waals surface area (Å²) >= 11 is 1.68. The van der Waals surface area contributed by atoms with Crippen LogP contribution in [0.5, 0.6) is 5.75 Å². The van der Waals surface area contributed by atoms with Gasteiger partial charge in [-0.1, -0.05) is 18.2 Å². The molecule has 4 nitrogen and oxygen atoms in total. The van der Waals surface area contributed by atoms with Crippen LogP contribution in [0.25, 0.3) is 0 Å². The molecule has 1 amide bonds. The fourth-order valence-corrected chi connectivity index (χ4v) is 3.76. The summed E-state index contributed by atoms with van der Waals surface area (Å²) in [6, 6.07) is 14.0. The summed E-state index contributed by atoms with van der Waals surface area (Å²) in [5.41, 5.74) is 0.844. The minimum Gasteiger partial charge on any atom is -0.491 e.